The number of aliphatic carboxylic acids is 1. The van der Waals surface area contributed by atoms with Gasteiger partial charge in [-0.15, -0.1) is 0 Å². The lowest BCUT2D eigenvalue weighted by molar-refractivity contribution is -0.140. The van der Waals surface area contributed by atoms with Gasteiger partial charge >= 0.3 is 5.97 Å². The number of carboxylic acid groups (broad SMARTS) is 1. The summed E-state index contributed by atoms with van der Waals surface area (Å²) in [7, 11) is -3.74. The highest BCUT2D eigenvalue weighted by Gasteiger charge is 2.28. The van der Waals surface area contributed by atoms with Crippen LogP contribution in [0.5, 0.6) is 0 Å². The van der Waals surface area contributed by atoms with Crippen LogP contribution in [0.3, 0.4) is 0 Å². The molecule has 2 N–H and O–H groups in total. The van der Waals surface area contributed by atoms with E-state index < -0.39 is 28.0 Å². The fourth-order valence-electron chi connectivity index (χ4n) is 2.56. The average molecular weight is 318 g/mol. The van der Waals surface area contributed by atoms with Gasteiger partial charge in [0.2, 0.25) is 10.0 Å². The van der Waals surface area contributed by atoms with Crippen LogP contribution in [0.4, 0.5) is 0 Å². The molecule has 0 fully saturated rings. The van der Waals surface area contributed by atoms with E-state index in [-0.39, 0.29) is 11.3 Å². The number of hydrogen-bond acceptors (Lipinski definition) is 4. The van der Waals surface area contributed by atoms with Gasteiger partial charge in [0, 0.05) is 29.2 Å². The zero-order valence-electron chi connectivity index (χ0n) is 11.5. The van der Waals surface area contributed by atoms with Crippen molar-refractivity contribution in [3.05, 3.63) is 48.8 Å². The summed E-state index contributed by atoms with van der Waals surface area (Å²) in [6, 6.07) is 6.11. The SMILES string of the molecule is O=C(O)C1C=CC(NS(=O)(=O)c2cccc3cnccc23)C1. The Morgan fingerprint density at radius 1 is 1.27 bits per heavy atom. The molecule has 0 amide bonds. The molecule has 2 unspecified atom stereocenters. The van der Waals surface area contributed by atoms with Crippen molar-refractivity contribution in [3.8, 4) is 0 Å². The van der Waals surface area contributed by atoms with Crippen LogP contribution in [0.25, 0.3) is 10.8 Å². The fourth-order valence-corrected chi connectivity index (χ4v) is 3.99. The van der Waals surface area contributed by atoms with Gasteiger partial charge in [-0.25, -0.2) is 13.1 Å². The molecule has 0 spiro atoms. The maximum absolute atomic E-state index is 12.6. The number of aromatic nitrogens is 1. The summed E-state index contributed by atoms with van der Waals surface area (Å²) in [5.41, 5.74) is 0. The molecule has 0 saturated heterocycles. The summed E-state index contributed by atoms with van der Waals surface area (Å²) in [5, 5.41) is 10.3. The summed E-state index contributed by atoms with van der Waals surface area (Å²) in [6.45, 7) is 0. The van der Waals surface area contributed by atoms with Crippen LogP contribution in [-0.2, 0) is 14.8 Å². The predicted octanol–water partition coefficient (Wildman–Crippen LogP) is 1.54. The second-order valence-corrected chi connectivity index (χ2v) is 6.83. The first kappa shape index (κ1) is 14.7. The Morgan fingerprint density at radius 3 is 2.82 bits per heavy atom. The third kappa shape index (κ3) is 2.72. The van der Waals surface area contributed by atoms with Crippen LogP contribution >= 0.6 is 0 Å². The quantitative estimate of drug-likeness (QED) is 0.834. The lowest BCUT2D eigenvalue weighted by Crippen LogP contribution is -2.33. The van der Waals surface area contributed by atoms with E-state index in [2.05, 4.69) is 9.71 Å². The minimum atomic E-state index is -3.74. The van der Waals surface area contributed by atoms with Crippen molar-refractivity contribution >= 4 is 26.8 Å². The molecule has 2 atom stereocenters. The van der Waals surface area contributed by atoms with E-state index in [9.17, 15) is 13.2 Å². The van der Waals surface area contributed by atoms with E-state index in [0.717, 1.165) is 5.39 Å². The van der Waals surface area contributed by atoms with E-state index in [4.69, 9.17) is 5.11 Å². The molecule has 1 aliphatic rings. The van der Waals surface area contributed by atoms with Gasteiger partial charge in [-0.3, -0.25) is 9.78 Å². The minimum absolute atomic E-state index is 0.166. The van der Waals surface area contributed by atoms with E-state index in [1.807, 2.05) is 0 Å². The second-order valence-electron chi connectivity index (χ2n) is 5.15. The maximum atomic E-state index is 12.6. The largest absolute Gasteiger partial charge is 0.481 e. The summed E-state index contributed by atoms with van der Waals surface area (Å²) in [6.07, 6.45) is 6.47. The van der Waals surface area contributed by atoms with Crippen molar-refractivity contribution in [2.45, 2.75) is 17.4 Å². The highest BCUT2D eigenvalue weighted by atomic mass is 32.2. The summed E-state index contributed by atoms with van der Waals surface area (Å²) in [4.78, 5) is 15.1. The van der Waals surface area contributed by atoms with Gasteiger partial charge in [-0.2, -0.15) is 0 Å². The van der Waals surface area contributed by atoms with Crippen LogP contribution < -0.4 is 4.72 Å². The van der Waals surface area contributed by atoms with Crippen LogP contribution in [0.15, 0.2) is 53.7 Å². The Balaban J connectivity index is 1.90. The number of pyridine rings is 1. The van der Waals surface area contributed by atoms with Crippen molar-refractivity contribution in [2.75, 3.05) is 0 Å². The number of nitrogens with one attached hydrogen (secondary N) is 1. The highest BCUT2D eigenvalue weighted by molar-refractivity contribution is 7.89. The number of hydrogen-bond donors (Lipinski definition) is 2. The van der Waals surface area contributed by atoms with Gasteiger partial charge in [0.05, 0.1) is 10.8 Å². The number of carbonyl (C=O) groups is 1. The Kier molecular flexibility index (Phi) is 3.67. The first-order valence-corrected chi connectivity index (χ1v) is 8.22. The number of fused-ring (bicyclic) bond motifs is 1. The number of benzene rings is 1. The number of nitrogens with zero attached hydrogens (tertiary/aromatic N) is 1. The molecule has 0 bridgehead atoms. The zero-order chi connectivity index (χ0) is 15.7. The third-order valence-electron chi connectivity index (χ3n) is 3.64. The normalized spacial score (nSPS) is 21.3. The first-order chi connectivity index (χ1) is 10.5. The smallest absolute Gasteiger partial charge is 0.310 e. The molecule has 114 valence electrons. The monoisotopic (exact) mass is 318 g/mol. The molecule has 1 aromatic heterocycles. The lowest BCUT2D eigenvalue weighted by atomic mass is 10.1. The van der Waals surface area contributed by atoms with Crippen LogP contribution in [0, 0.1) is 5.92 Å². The van der Waals surface area contributed by atoms with Gasteiger partial charge in [0.15, 0.2) is 0 Å². The summed E-state index contributed by atoms with van der Waals surface area (Å²) < 4.78 is 27.7. The summed E-state index contributed by atoms with van der Waals surface area (Å²) >= 11 is 0. The Bertz CT molecular complexity index is 855. The van der Waals surface area contributed by atoms with Crippen LogP contribution in [0.2, 0.25) is 0 Å². The van der Waals surface area contributed by atoms with E-state index in [1.165, 1.54) is 18.3 Å². The average Bonchev–Trinajstić information content (AvgIpc) is 2.94. The standard InChI is InChI=1S/C15H14N2O4S/c18-15(19)10-4-5-12(8-10)17-22(20,21)14-3-1-2-11-9-16-7-6-13(11)14/h1-7,9-10,12,17H,8H2,(H,18,19). The molecular formula is C15H14N2O4S. The van der Waals surface area contributed by atoms with Gasteiger partial charge in [-0.05, 0) is 18.6 Å². The molecule has 7 heteroatoms. The van der Waals surface area contributed by atoms with Crippen molar-refractivity contribution < 1.29 is 18.3 Å². The van der Waals surface area contributed by atoms with E-state index in [1.54, 1.807) is 30.5 Å². The zero-order valence-corrected chi connectivity index (χ0v) is 12.3. The number of sulfonamides is 1. The van der Waals surface area contributed by atoms with Gasteiger partial charge in [0.1, 0.15) is 0 Å². The number of carboxylic acids is 1. The maximum Gasteiger partial charge on any atom is 0.310 e. The van der Waals surface area contributed by atoms with Crippen LogP contribution in [-0.4, -0.2) is 30.5 Å². The Hall–Kier alpha value is -2.25. The Morgan fingerprint density at radius 2 is 2.09 bits per heavy atom. The molecule has 2 aromatic rings. The van der Waals surface area contributed by atoms with Gasteiger partial charge in [0.25, 0.3) is 0 Å². The molecular weight excluding hydrogens is 304 g/mol. The highest BCUT2D eigenvalue weighted by Crippen LogP contribution is 2.24. The molecule has 22 heavy (non-hydrogen) atoms. The van der Waals surface area contributed by atoms with Crippen molar-refractivity contribution in [2.24, 2.45) is 5.92 Å². The van der Waals surface area contributed by atoms with Crippen LogP contribution in [0.1, 0.15) is 6.42 Å². The molecule has 0 saturated carbocycles. The van der Waals surface area contributed by atoms with Crippen molar-refractivity contribution in [3.63, 3.8) is 0 Å². The third-order valence-corrected chi connectivity index (χ3v) is 5.19. The molecule has 1 aliphatic carbocycles. The van der Waals surface area contributed by atoms with E-state index in [0.29, 0.717) is 5.39 Å². The number of rotatable bonds is 4. The minimum Gasteiger partial charge on any atom is -0.481 e. The van der Waals surface area contributed by atoms with Crippen molar-refractivity contribution in [1.29, 1.82) is 0 Å². The lowest BCUT2D eigenvalue weighted by Gasteiger charge is -2.14. The molecule has 3 rings (SSSR count). The molecule has 6 nitrogen and oxygen atoms in total. The first-order valence-electron chi connectivity index (χ1n) is 6.73. The predicted molar refractivity (Wildman–Crippen MR) is 80.7 cm³/mol. The topological polar surface area (TPSA) is 96.4 Å². The van der Waals surface area contributed by atoms with E-state index >= 15 is 0 Å². The second kappa shape index (κ2) is 5.51. The van der Waals surface area contributed by atoms with Gasteiger partial charge in [-0.1, -0.05) is 24.3 Å². The molecule has 1 heterocycles. The summed E-state index contributed by atoms with van der Waals surface area (Å²) in [5.74, 6) is -1.60. The molecule has 0 radical (unpaired) electrons. The fraction of sp³-hybridized carbons (Fsp3) is 0.200. The van der Waals surface area contributed by atoms with Gasteiger partial charge < -0.3 is 5.11 Å². The molecule has 1 aromatic carbocycles. The van der Waals surface area contributed by atoms with Crippen molar-refractivity contribution in [1.82, 2.24) is 9.71 Å². The molecule has 0 aliphatic heterocycles. The Labute approximate surface area is 127 Å².